The predicted molar refractivity (Wildman–Crippen MR) is 53.3 cm³/mol. The Hall–Kier alpha value is 0.440. The van der Waals surface area contributed by atoms with E-state index in [0.29, 0.717) is 5.92 Å². The first-order chi connectivity index (χ1) is 5.02. The molecule has 0 aromatic carbocycles. The van der Waals surface area contributed by atoms with Crippen LogP contribution in [-0.2, 0) is 4.74 Å². The van der Waals surface area contributed by atoms with Crippen molar-refractivity contribution in [1.82, 2.24) is 0 Å². The van der Waals surface area contributed by atoms with Crippen LogP contribution in [0.3, 0.4) is 0 Å². The molecule has 2 heteroatoms. The molecule has 0 bridgehead atoms. The van der Waals surface area contributed by atoms with Crippen molar-refractivity contribution in [3.63, 3.8) is 0 Å². The van der Waals surface area contributed by atoms with Crippen molar-refractivity contribution in [3.8, 4) is 0 Å². The van der Waals surface area contributed by atoms with Crippen LogP contribution in [0.25, 0.3) is 0 Å². The Bertz CT molecular complexity index is 102. The zero-order valence-electron chi connectivity index (χ0n) is 7.98. The van der Waals surface area contributed by atoms with Crippen LogP contribution in [0.5, 0.6) is 0 Å². The normalized spacial score (nSPS) is 15.0. The minimum atomic E-state index is 0.0436. The van der Waals surface area contributed by atoms with Gasteiger partial charge in [0.2, 0.25) is 0 Å². The molecule has 68 valence electrons. The molecule has 0 aromatic heterocycles. The molecule has 0 N–H and O–H groups in total. The second kappa shape index (κ2) is 5.15. The quantitative estimate of drug-likeness (QED) is 0.650. The van der Waals surface area contributed by atoms with Crippen molar-refractivity contribution in [2.45, 2.75) is 39.7 Å². The Labute approximate surface area is 78.6 Å². The first kappa shape index (κ1) is 11.4. The van der Waals surface area contributed by atoms with Crippen LogP contribution in [0.4, 0.5) is 0 Å². The lowest BCUT2D eigenvalue weighted by Gasteiger charge is -2.27. The summed E-state index contributed by atoms with van der Waals surface area (Å²) in [6.07, 6.45) is 1.12. The zero-order valence-corrected chi connectivity index (χ0v) is 9.57. The number of ether oxygens (including phenoxy) is 1. The maximum absolute atomic E-state index is 5.58. The third-order valence-electron chi connectivity index (χ3n) is 1.64. The van der Waals surface area contributed by atoms with E-state index in [1.165, 1.54) is 0 Å². The topological polar surface area (TPSA) is 9.23 Å². The molecule has 1 nitrogen and oxygen atoms in total. The highest BCUT2D eigenvalue weighted by atomic mass is 79.9. The number of hydrogen-bond donors (Lipinski definition) is 0. The highest BCUT2D eigenvalue weighted by Gasteiger charge is 2.20. The third-order valence-corrected chi connectivity index (χ3v) is 2.74. The highest BCUT2D eigenvalue weighted by Crippen LogP contribution is 2.21. The van der Waals surface area contributed by atoms with E-state index in [2.05, 4.69) is 36.7 Å². The molecule has 0 spiro atoms. The molecule has 0 aromatic rings. The second-order valence-corrected chi connectivity index (χ2v) is 4.30. The molecular formula is C9H19BrO. The molecule has 0 radical (unpaired) electrons. The summed E-state index contributed by atoms with van der Waals surface area (Å²) in [5.74, 6) is 0.691. The van der Waals surface area contributed by atoms with Crippen LogP contribution in [0.1, 0.15) is 34.1 Å². The van der Waals surface area contributed by atoms with Crippen molar-refractivity contribution in [2.75, 3.05) is 11.9 Å². The molecule has 1 atom stereocenters. The molecule has 0 aliphatic rings. The fraction of sp³-hybridized carbons (Fsp3) is 1.00. The summed E-state index contributed by atoms with van der Waals surface area (Å²) in [7, 11) is 0. The van der Waals surface area contributed by atoms with Crippen LogP contribution >= 0.6 is 15.9 Å². The van der Waals surface area contributed by atoms with E-state index >= 15 is 0 Å². The minimum absolute atomic E-state index is 0.0436. The number of hydrogen-bond acceptors (Lipinski definition) is 1. The smallest absolute Gasteiger partial charge is 0.0629 e. The van der Waals surface area contributed by atoms with Gasteiger partial charge in [0.05, 0.1) is 5.60 Å². The lowest BCUT2D eigenvalue weighted by atomic mass is 9.96. The summed E-state index contributed by atoms with van der Waals surface area (Å²) in [6.45, 7) is 9.38. The lowest BCUT2D eigenvalue weighted by Crippen LogP contribution is -2.27. The first-order valence-electron chi connectivity index (χ1n) is 4.21. The van der Waals surface area contributed by atoms with Gasteiger partial charge in [0, 0.05) is 11.9 Å². The second-order valence-electron chi connectivity index (χ2n) is 3.66. The largest absolute Gasteiger partial charge is 0.376 e. The first-order valence-corrected chi connectivity index (χ1v) is 5.34. The van der Waals surface area contributed by atoms with E-state index < -0.39 is 0 Å². The minimum Gasteiger partial charge on any atom is -0.376 e. The van der Waals surface area contributed by atoms with E-state index in [0.717, 1.165) is 18.4 Å². The Balaban J connectivity index is 3.70. The average molecular weight is 223 g/mol. The maximum atomic E-state index is 5.58. The summed E-state index contributed by atoms with van der Waals surface area (Å²) >= 11 is 3.46. The van der Waals surface area contributed by atoms with Gasteiger partial charge < -0.3 is 4.74 Å². The summed E-state index contributed by atoms with van der Waals surface area (Å²) in [4.78, 5) is 0. The van der Waals surface area contributed by atoms with Crippen molar-refractivity contribution in [1.29, 1.82) is 0 Å². The highest BCUT2D eigenvalue weighted by molar-refractivity contribution is 9.09. The Morgan fingerprint density at radius 1 is 1.45 bits per heavy atom. The van der Waals surface area contributed by atoms with Crippen LogP contribution in [0.2, 0.25) is 0 Å². The average Bonchev–Trinajstić information content (AvgIpc) is 1.86. The van der Waals surface area contributed by atoms with E-state index in [1.54, 1.807) is 0 Å². The Morgan fingerprint density at radius 3 is 2.36 bits per heavy atom. The standard InChI is InChI=1S/C9H19BrO/c1-5-11-9(3,4)6-8(2)7-10/h8H,5-7H2,1-4H3. The van der Waals surface area contributed by atoms with Crippen molar-refractivity contribution < 1.29 is 4.74 Å². The number of rotatable bonds is 5. The lowest BCUT2D eigenvalue weighted by molar-refractivity contribution is -0.0238. The van der Waals surface area contributed by atoms with Gasteiger partial charge in [-0.1, -0.05) is 22.9 Å². The van der Waals surface area contributed by atoms with E-state index in [-0.39, 0.29) is 5.60 Å². The molecule has 0 aliphatic carbocycles. The Morgan fingerprint density at radius 2 is 2.00 bits per heavy atom. The van der Waals surface area contributed by atoms with Gasteiger partial charge >= 0.3 is 0 Å². The van der Waals surface area contributed by atoms with E-state index in [4.69, 9.17) is 4.74 Å². The molecule has 0 heterocycles. The maximum Gasteiger partial charge on any atom is 0.0629 e. The summed E-state index contributed by atoms with van der Waals surface area (Å²) in [6, 6.07) is 0. The third kappa shape index (κ3) is 5.68. The van der Waals surface area contributed by atoms with Gasteiger partial charge in [-0.2, -0.15) is 0 Å². The molecule has 0 aliphatic heterocycles. The van der Waals surface area contributed by atoms with Crippen molar-refractivity contribution in [2.24, 2.45) is 5.92 Å². The summed E-state index contributed by atoms with van der Waals surface area (Å²) < 4.78 is 5.58. The van der Waals surface area contributed by atoms with Gasteiger partial charge in [-0.05, 0) is 33.1 Å². The van der Waals surface area contributed by atoms with Gasteiger partial charge in [-0.3, -0.25) is 0 Å². The molecule has 0 amide bonds. The summed E-state index contributed by atoms with van der Waals surface area (Å²) in [5.41, 5.74) is 0.0436. The number of halogens is 1. The van der Waals surface area contributed by atoms with Crippen molar-refractivity contribution in [3.05, 3.63) is 0 Å². The van der Waals surface area contributed by atoms with Crippen LogP contribution in [0, 0.1) is 5.92 Å². The molecule has 1 unspecified atom stereocenters. The van der Waals surface area contributed by atoms with Crippen LogP contribution < -0.4 is 0 Å². The molecule has 0 saturated carbocycles. The van der Waals surface area contributed by atoms with E-state index in [1.807, 2.05) is 6.92 Å². The predicted octanol–water partition coefficient (Wildman–Crippen LogP) is 3.22. The van der Waals surface area contributed by atoms with Gasteiger partial charge in [-0.25, -0.2) is 0 Å². The molecular weight excluding hydrogens is 204 g/mol. The van der Waals surface area contributed by atoms with Crippen LogP contribution in [-0.4, -0.2) is 17.5 Å². The number of alkyl halides is 1. The SMILES string of the molecule is CCOC(C)(C)CC(C)CBr. The molecule has 0 fully saturated rings. The molecule has 0 saturated heterocycles. The monoisotopic (exact) mass is 222 g/mol. The molecule has 0 rings (SSSR count). The molecule has 11 heavy (non-hydrogen) atoms. The van der Waals surface area contributed by atoms with Gasteiger partial charge in [0.15, 0.2) is 0 Å². The van der Waals surface area contributed by atoms with Crippen molar-refractivity contribution >= 4 is 15.9 Å². The summed E-state index contributed by atoms with van der Waals surface area (Å²) in [5, 5.41) is 1.06. The fourth-order valence-corrected chi connectivity index (χ4v) is 1.57. The Kier molecular flexibility index (Phi) is 5.36. The fourth-order valence-electron chi connectivity index (χ4n) is 1.34. The van der Waals surface area contributed by atoms with Crippen LogP contribution in [0.15, 0.2) is 0 Å². The van der Waals surface area contributed by atoms with Gasteiger partial charge in [-0.15, -0.1) is 0 Å². The van der Waals surface area contributed by atoms with E-state index in [9.17, 15) is 0 Å². The van der Waals surface area contributed by atoms with Gasteiger partial charge in [0.25, 0.3) is 0 Å². The van der Waals surface area contributed by atoms with Gasteiger partial charge in [0.1, 0.15) is 0 Å². The zero-order chi connectivity index (χ0) is 8.91.